The second-order valence-corrected chi connectivity index (χ2v) is 8.63. The highest BCUT2D eigenvalue weighted by Gasteiger charge is 2.34. The Labute approximate surface area is 185 Å². The standard InChI is InChI=1S/C25H23N5O2/c31-24(32)19-14-29(15-19)25-26-12-18(13-27-25)17-9-10-20-22(11-17)30-21(7-4-8-23(30)28-20)16-5-2-1-3-6-16/h1-3,5-6,9-13,19,21H,4,7-8,14-15H2,(H,31,32). The third kappa shape index (κ3) is 3.12. The molecule has 0 aliphatic carbocycles. The third-order valence-electron chi connectivity index (χ3n) is 6.62. The summed E-state index contributed by atoms with van der Waals surface area (Å²) in [6, 6.07) is 17.3. The molecule has 0 amide bonds. The van der Waals surface area contributed by atoms with Gasteiger partial charge in [-0.15, -0.1) is 0 Å². The molecule has 6 rings (SSSR count). The predicted octanol–water partition coefficient (Wildman–Crippen LogP) is 3.94. The number of carboxylic acids is 1. The molecule has 0 spiro atoms. The molecule has 160 valence electrons. The molecule has 2 aliphatic rings. The van der Waals surface area contributed by atoms with Crippen LogP contribution in [0.5, 0.6) is 0 Å². The zero-order chi connectivity index (χ0) is 21.7. The van der Waals surface area contributed by atoms with Crippen LogP contribution in [0.15, 0.2) is 60.9 Å². The maximum Gasteiger partial charge on any atom is 0.310 e. The number of aliphatic carboxylic acids is 1. The van der Waals surface area contributed by atoms with Crippen molar-refractivity contribution in [3.05, 3.63) is 72.3 Å². The first kappa shape index (κ1) is 19.0. The van der Waals surface area contributed by atoms with Gasteiger partial charge in [0, 0.05) is 37.5 Å². The number of hydrogen-bond acceptors (Lipinski definition) is 5. The molecule has 1 atom stereocenters. The summed E-state index contributed by atoms with van der Waals surface area (Å²) in [7, 11) is 0. The zero-order valence-electron chi connectivity index (χ0n) is 17.6. The second kappa shape index (κ2) is 7.44. The van der Waals surface area contributed by atoms with E-state index in [1.54, 1.807) is 0 Å². The fraction of sp³-hybridized carbons (Fsp3) is 0.280. The molecular weight excluding hydrogens is 402 g/mol. The Kier molecular flexibility index (Phi) is 4.41. The van der Waals surface area contributed by atoms with Gasteiger partial charge in [0.1, 0.15) is 5.82 Å². The highest BCUT2D eigenvalue weighted by atomic mass is 16.4. The predicted molar refractivity (Wildman–Crippen MR) is 122 cm³/mol. The molecule has 1 unspecified atom stereocenters. The molecule has 7 nitrogen and oxygen atoms in total. The molecule has 32 heavy (non-hydrogen) atoms. The summed E-state index contributed by atoms with van der Waals surface area (Å²) in [5, 5.41) is 9.06. The van der Waals surface area contributed by atoms with E-state index in [4.69, 9.17) is 10.1 Å². The molecule has 2 aromatic carbocycles. The number of aryl methyl sites for hydroxylation is 1. The van der Waals surface area contributed by atoms with E-state index in [9.17, 15) is 4.79 Å². The summed E-state index contributed by atoms with van der Waals surface area (Å²) in [5.74, 6) is 0.642. The van der Waals surface area contributed by atoms with Gasteiger partial charge in [-0.3, -0.25) is 4.79 Å². The number of imidazole rings is 1. The number of carbonyl (C=O) groups is 1. The molecular formula is C25H23N5O2. The van der Waals surface area contributed by atoms with Crippen molar-refractivity contribution in [1.82, 2.24) is 19.5 Å². The van der Waals surface area contributed by atoms with E-state index in [0.29, 0.717) is 25.1 Å². The molecule has 7 heteroatoms. The molecule has 1 fully saturated rings. The SMILES string of the molecule is O=C(O)C1CN(c2ncc(-c3ccc4nc5n(c4c3)C(c3ccccc3)CCC5)cn2)C1. The van der Waals surface area contributed by atoms with E-state index < -0.39 is 5.97 Å². The van der Waals surface area contributed by atoms with Crippen LogP contribution in [0.1, 0.15) is 30.3 Å². The van der Waals surface area contributed by atoms with Gasteiger partial charge in [0.2, 0.25) is 5.95 Å². The number of carboxylic acid groups (broad SMARTS) is 1. The van der Waals surface area contributed by atoms with E-state index in [0.717, 1.165) is 47.2 Å². The summed E-state index contributed by atoms with van der Waals surface area (Å²) in [4.78, 5) is 26.8. The molecule has 2 aliphatic heterocycles. The van der Waals surface area contributed by atoms with Gasteiger partial charge in [-0.2, -0.15) is 0 Å². The van der Waals surface area contributed by atoms with Crippen LogP contribution in [0.25, 0.3) is 22.2 Å². The van der Waals surface area contributed by atoms with Crippen molar-refractivity contribution < 1.29 is 9.90 Å². The van der Waals surface area contributed by atoms with Crippen LogP contribution in [-0.4, -0.2) is 43.7 Å². The largest absolute Gasteiger partial charge is 0.481 e. The van der Waals surface area contributed by atoms with Crippen LogP contribution in [-0.2, 0) is 11.2 Å². The van der Waals surface area contributed by atoms with Crippen LogP contribution < -0.4 is 4.90 Å². The van der Waals surface area contributed by atoms with Gasteiger partial charge in [0.05, 0.1) is 23.0 Å². The normalized spacial score (nSPS) is 18.4. The van der Waals surface area contributed by atoms with Crippen LogP contribution in [0.3, 0.4) is 0 Å². The summed E-state index contributed by atoms with van der Waals surface area (Å²) in [5.41, 5.74) is 5.47. The van der Waals surface area contributed by atoms with Crippen LogP contribution >= 0.6 is 0 Å². The average Bonchev–Trinajstić information content (AvgIpc) is 3.17. The maximum atomic E-state index is 11.0. The monoisotopic (exact) mass is 425 g/mol. The van der Waals surface area contributed by atoms with Gasteiger partial charge in [0.15, 0.2) is 0 Å². The van der Waals surface area contributed by atoms with Gasteiger partial charge in [0.25, 0.3) is 0 Å². The minimum Gasteiger partial charge on any atom is -0.481 e. The molecule has 4 aromatic rings. The summed E-state index contributed by atoms with van der Waals surface area (Å²) < 4.78 is 2.40. The smallest absolute Gasteiger partial charge is 0.310 e. The molecule has 0 bridgehead atoms. The van der Waals surface area contributed by atoms with Crippen molar-refractivity contribution >= 4 is 23.0 Å². The number of benzene rings is 2. The quantitative estimate of drug-likeness (QED) is 0.533. The first-order valence-corrected chi connectivity index (χ1v) is 11.0. The van der Waals surface area contributed by atoms with Crippen molar-refractivity contribution in [2.24, 2.45) is 5.92 Å². The second-order valence-electron chi connectivity index (χ2n) is 8.63. The van der Waals surface area contributed by atoms with Crippen molar-refractivity contribution in [1.29, 1.82) is 0 Å². The van der Waals surface area contributed by atoms with Crippen molar-refractivity contribution in [2.75, 3.05) is 18.0 Å². The van der Waals surface area contributed by atoms with Gasteiger partial charge in [-0.05, 0) is 36.1 Å². The Bertz CT molecular complexity index is 1290. The van der Waals surface area contributed by atoms with Gasteiger partial charge < -0.3 is 14.6 Å². The molecule has 4 heterocycles. The molecule has 2 aromatic heterocycles. The highest BCUT2D eigenvalue weighted by molar-refractivity contribution is 5.83. The van der Waals surface area contributed by atoms with E-state index >= 15 is 0 Å². The number of aromatic nitrogens is 4. The molecule has 0 radical (unpaired) electrons. The number of rotatable bonds is 4. The first-order chi connectivity index (χ1) is 15.7. The summed E-state index contributed by atoms with van der Waals surface area (Å²) in [6.45, 7) is 0.924. The fourth-order valence-electron chi connectivity index (χ4n) is 4.85. The topological polar surface area (TPSA) is 84.1 Å². The Hall–Kier alpha value is -3.74. The van der Waals surface area contributed by atoms with Crippen molar-refractivity contribution in [3.63, 3.8) is 0 Å². The fourth-order valence-corrected chi connectivity index (χ4v) is 4.85. The Morgan fingerprint density at radius 3 is 2.53 bits per heavy atom. The lowest BCUT2D eigenvalue weighted by molar-refractivity contribution is -0.142. The van der Waals surface area contributed by atoms with Crippen molar-refractivity contribution in [2.45, 2.75) is 25.3 Å². The highest BCUT2D eigenvalue weighted by Crippen LogP contribution is 2.35. The van der Waals surface area contributed by atoms with Crippen LogP contribution in [0.2, 0.25) is 0 Å². The molecule has 1 saturated heterocycles. The average molecular weight is 425 g/mol. The molecule has 0 saturated carbocycles. The first-order valence-electron chi connectivity index (χ1n) is 11.0. The third-order valence-corrected chi connectivity index (χ3v) is 6.62. The summed E-state index contributed by atoms with van der Waals surface area (Å²) in [6.07, 6.45) is 6.89. The Morgan fingerprint density at radius 1 is 1.00 bits per heavy atom. The Morgan fingerprint density at radius 2 is 1.78 bits per heavy atom. The summed E-state index contributed by atoms with van der Waals surface area (Å²) >= 11 is 0. The van der Waals surface area contributed by atoms with Crippen molar-refractivity contribution in [3.8, 4) is 11.1 Å². The maximum absolute atomic E-state index is 11.0. The number of hydrogen-bond donors (Lipinski definition) is 1. The van der Waals surface area contributed by atoms with Crippen LogP contribution in [0.4, 0.5) is 5.95 Å². The minimum absolute atomic E-state index is 0.299. The van der Waals surface area contributed by atoms with Gasteiger partial charge in [-0.25, -0.2) is 15.0 Å². The zero-order valence-corrected chi connectivity index (χ0v) is 17.6. The Balaban J connectivity index is 1.33. The number of fused-ring (bicyclic) bond motifs is 3. The number of nitrogens with zero attached hydrogens (tertiary/aromatic N) is 5. The number of anilines is 1. The van der Waals surface area contributed by atoms with Gasteiger partial charge in [-0.1, -0.05) is 36.4 Å². The molecule has 1 N–H and O–H groups in total. The van der Waals surface area contributed by atoms with E-state index in [-0.39, 0.29) is 5.92 Å². The van der Waals surface area contributed by atoms with E-state index in [1.807, 2.05) is 17.3 Å². The lowest BCUT2D eigenvalue weighted by Gasteiger charge is -2.36. The lowest BCUT2D eigenvalue weighted by atomic mass is 9.97. The van der Waals surface area contributed by atoms with E-state index in [1.165, 1.54) is 5.56 Å². The lowest BCUT2D eigenvalue weighted by Crippen LogP contribution is -2.51. The van der Waals surface area contributed by atoms with Crippen LogP contribution in [0, 0.1) is 5.92 Å². The van der Waals surface area contributed by atoms with Gasteiger partial charge >= 0.3 is 5.97 Å². The van der Waals surface area contributed by atoms with E-state index in [2.05, 4.69) is 63.1 Å². The minimum atomic E-state index is -0.760.